The molecule has 0 atom stereocenters. The first-order valence-electron chi connectivity index (χ1n) is 8.60. The number of benzene rings is 1. The minimum atomic E-state index is -0.276. The number of hydrogen-bond acceptors (Lipinski definition) is 2. The molecule has 4 nitrogen and oxygen atoms in total. The minimum absolute atomic E-state index is 0.160. The number of amides is 1. The van der Waals surface area contributed by atoms with E-state index in [0.29, 0.717) is 0 Å². The van der Waals surface area contributed by atoms with Crippen LogP contribution < -0.4 is 5.32 Å². The second-order valence-corrected chi connectivity index (χ2v) is 6.80. The quantitative estimate of drug-likeness (QED) is 0.681. The number of nitriles is 1. The Kier molecular flexibility index (Phi) is 4.50. The van der Waals surface area contributed by atoms with Crippen molar-refractivity contribution in [3.8, 4) is 11.8 Å². The van der Waals surface area contributed by atoms with Crippen LogP contribution in [0.4, 0.5) is 0 Å². The van der Waals surface area contributed by atoms with E-state index < -0.39 is 0 Å². The molecule has 1 heterocycles. The minimum Gasteiger partial charge on any atom is -0.349 e. The Morgan fingerprint density at radius 1 is 1.28 bits per heavy atom. The summed E-state index contributed by atoms with van der Waals surface area (Å²) in [7, 11) is 0. The monoisotopic (exact) mass is 333 g/mol. The van der Waals surface area contributed by atoms with Gasteiger partial charge < -0.3 is 9.88 Å². The Balaban J connectivity index is 2.02. The average molecular weight is 333 g/mol. The van der Waals surface area contributed by atoms with E-state index in [1.807, 2.05) is 26.0 Å². The Bertz CT molecular complexity index is 908. The summed E-state index contributed by atoms with van der Waals surface area (Å²) in [5, 5.41) is 12.2. The van der Waals surface area contributed by atoms with Gasteiger partial charge in [0.15, 0.2) is 0 Å². The molecule has 1 aliphatic carbocycles. The fourth-order valence-corrected chi connectivity index (χ4v) is 3.08. The third-order valence-corrected chi connectivity index (χ3v) is 4.86. The molecule has 128 valence electrons. The van der Waals surface area contributed by atoms with Crippen LogP contribution in [0.25, 0.3) is 11.8 Å². The molecule has 0 radical (unpaired) electrons. The molecule has 0 bridgehead atoms. The van der Waals surface area contributed by atoms with Gasteiger partial charge >= 0.3 is 0 Å². The maximum atomic E-state index is 12.2. The summed E-state index contributed by atoms with van der Waals surface area (Å²) in [4.78, 5) is 12.2. The largest absolute Gasteiger partial charge is 0.349 e. The Morgan fingerprint density at radius 3 is 2.64 bits per heavy atom. The van der Waals surface area contributed by atoms with Crippen molar-refractivity contribution in [2.45, 2.75) is 46.6 Å². The van der Waals surface area contributed by atoms with E-state index in [2.05, 4.69) is 41.9 Å². The zero-order chi connectivity index (χ0) is 18.1. The highest BCUT2D eigenvalue weighted by Gasteiger charge is 2.25. The molecule has 1 aromatic carbocycles. The highest BCUT2D eigenvalue weighted by molar-refractivity contribution is 6.02. The number of carbonyl (C=O) groups excluding carboxylic acids is 1. The Labute approximate surface area is 148 Å². The smallest absolute Gasteiger partial charge is 0.262 e. The lowest BCUT2D eigenvalue weighted by molar-refractivity contribution is -0.117. The van der Waals surface area contributed by atoms with Crippen molar-refractivity contribution in [2.24, 2.45) is 0 Å². The van der Waals surface area contributed by atoms with Crippen LogP contribution in [0, 0.1) is 39.0 Å². The van der Waals surface area contributed by atoms with Crippen molar-refractivity contribution in [1.29, 1.82) is 5.26 Å². The van der Waals surface area contributed by atoms with E-state index in [9.17, 15) is 10.1 Å². The lowest BCUT2D eigenvalue weighted by Gasteiger charge is -2.14. The van der Waals surface area contributed by atoms with E-state index in [1.54, 1.807) is 6.08 Å². The molecular weight excluding hydrogens is 310 g/mol. The van der Waals surface area contributed by atoms with Crippen molar-refractivity contribution in [3.05, 3.63) is 57.9 Å². The van der Waals surface area contributed by atoms with Crippen LogP contribution in [0.1, 0.15) is 40.9 Å². The van der Waals surface area contributed by atoms with E-state index in [0.717, 1.165) is 35.5 Å². The number of aryl methyl sites for hydroxylation is 2. The van der Waals surface area contributed by atoms with Gasteiger partial charge in [-0.1, -0.05) is 12.1 Å². The lowest BCUT2D eigenvalue weighted by Crippen LogP contribution is -2.26. The molecule has 0 unspecified atom stereocenters. The number of aromatic nitrogens is 1. The highest BCUT2D eigenvalue weighted by Crippen LogP contribution is 2.26. The summed E-state index contributed by atoms with van der Waals surface area (Å²) in [5.74, 6) is -0.276. The normalized spacial score (nSPS) is 14.3. The zero-order valence-electron chi connectivity index (χ0n) is 15.2. The third-order valence-electron chi connectivity index (χ3n) is 4.86. The van der Waals surface area contributed by atoms with Crippen LogP contribution in [0.15, 0.2) is 29.8 Å². The third kappa shape index (κ3) is 3.36. The van der Waals surface area contributed by atoms with Crippen LogP contribution in [0.2, 0.25) is 0 Å². The summed E-state index contributed by atoms with van der Waals surface area (Å²) in [6.07, 6.45) is 3.71. The summed E-state index contributed by atoms with van der Waals surface area (Å²) < 4.78 is 2.18. The average Bonchev–Trinajstić information content (AvgIpc) is 3.34. The van der Waals surface area contributed by atoms with Crippen molar-refractivity contribution in [3.63, 3.8) is 0 Å². The van der Waals surface area contributed by atoms with Crippen LogP contribution in [-0.4, -0.2) is 16.5 Å². The fourth-order valence-electron chi connectivity index (χ4n) is 3.08. The van der Waals surface area contributed by atoms with Crippen molar-refractivity contribution >= 4 is 12.0 Å². The molecule has 0 aliphatic heterocycles. The molecule has 1 aliphatic rings. The van der Waals surface area contributed by atoms with Gasteiger partial charge in [-0.2, -0.15) is 5.26 Å². The maximum absolute atomic E-state index is 12.2. The SMILES string of the molecule is Cc1cccc(-n2c(C)cc(/C=C(\C#N)C(=O)NC3CC3)c2C)c1C. The van der Waals surface area contributed by atoms with E-state index in [4.69, 9.17) is 0 Å². The van der Waals surface area contributed by atoms with Crippen LogP contribution in [-0.2, 0) is 4.79 Å². The highest BCUT2D eigenvalue weighted by atomic mass is 16.1. The first kappa shape index (κ1) is 17.0. The topological polar surface area (TPSA) is 57.8 Å². The standard InChI is InChI=1S/C21H23N3O/c1-13-6-5-7-20(15(13)3)24-14(2)10-17(16(24)4)11-18(12-22)21(25)23-19-8-9-19/h5-7,10-11,19H,8-9H2,1-4H3,(H,23,25)/b18-11+. The summed E-state index contributed by atoms with van der Waals surface area (Å²) >= 11 is 0. The van der Waals surface area contributed by atoms with Gasteiger partial charge in [0.2, 0.25) is 0 Å². The van der Waals surface area contributed by atoms with Gasteiger partial charge in [0.1, 0.15) is 11.6 Å². The summed E-state index contributed by atoms with van der Waals surface area (Å²) in [6.45, 7) is 8.28. The second-order valence-electron chi connectivity index (χ2n) is 6.80. The van der Waals surface area contributed by atoms with Gasteiger partial charge in [0.25, 0.3) is 5.91 Å². The summed E-state index contributed by atoms with van der Waals surface area (Å²) in [6, 6.07) is 10.6. The molecular formula is C21H23N3O. The molecule has 1 saturated carbocycles. The number of rotatable bonds is 4. The summed E-state index contributed by atoms with van der Waals surface area (Å²) in [5.41, 5.74) is 6.77. The second kappa shape index (κ2) is 6.60. The van der Waals surface area contributed by atoms with Gasteiger partial charge in [0, 0.05) is 23.1 Å². The molecule has 1 aromatic heterocycles. The van der Waals surface area contributed by atoms with Crippen LogP contribution >= 0.6 is 0 Å². The number of carbonyl (C=O) groups is 1. The van der Waals surface area contributed by atoms with Gasteiger partial charge in [-0.05, 0) is 75.4 Å². The van der Waals surface area contributed by atoms with Crippen molar-refractivity contribution in [2.75, 3.05) is 0 Å². The Hall–Kier alpha value is -2.80. The van der Waals surface area contributed by atoms with Gasteiger partial charge in [-0.3, -0.25) is 4.79 Å². The first-order chi connectivity index (χ1) is 11.9. The lowest BCUT2D eigenvalue weighted by atomic mass is 10.1. The Morgan fingerprint density at radius 2 is 2.00 bits per heavy atom. The number of nitrogens with zero attached hydrogens (tertiary/aromatic N) is 2. The van der Waals surface area contributed by atoms with E-state index in [-0.39, 0.29) is 17.5 Å². The molecule has 0 saturated heterocycles. The first-order valence-corrected chi connectivity index (χ1v) is 8.60. The van der Waals surface area contributed by atoms with Crippen molar-refractivity contribution < 1.29 is 4.79 Å². The van der Waals surface area contributed by atoms with Gasteiger partial charge in [-0.15, -0.1) is 0 Å². The molecule has 0 spiro atoms. The number of hydrogen-bond donors (Lipinski definition) is 1. The zero-order valence-corrected chi connectivity index (χ0v) is 15.2. The van der Waals surface area contributed by atoms with Crippen LogP contribution in [0.3, 0.4) is 0 Å². The van der Waals surface area contributed by atoms with E-state index >= 15 is 0 Å². The fraction of sp³-hybridized carbons (Fsp3) is 0.333. The molecule has 4 heteroatoms. The molecule has 1 N–H and O–H groups in total. The predicted molar refractivity (Wildman–Crippen MR) is 99.5 cm³/mol. The van der Waals surface area contributed by atoms with E-state index in [1.165, 1.54) is 11.1 Å². The molecule has 1 amide bonds. The number of nitrogens with one attached hydrogen (secondary N) is 1. The van der Waals surface area contributed by atoms with Crippen LogP contribution in [0.5, 0.6) is 0 Å². The molecule has 2 aromatic rings. The van der Waals surface area contributed by atoms with Gasteiger partial charge in [-0.25, -0.2) is 0 Å². The molecule has 3 rings (SSSR count). The maximum Gasteiger partial charge on any atom is 0.262 e. The molecule has 1 fully saturated rings. The molecule has 25 heavy (non-hydrogen) atoms. The van der Waals surface area contributed by atoms with Crippen molar-refractivity contribution in [1.82, 2.24) is 9.88 Å². The van der Waals surface area contributed by atoms with Gasteiger partial charge in [0.05, 0.1) is 0 Å². The predicted octanol–water partition coefficient (Wildman–Crippen LogP) is 3.90.